The number of hydrogen-bond donors (Lipinski definition) is 2. The third kappa shape index (κ3) is 4.84. The van der Waals surface area contributed by atoms with Crippen LogP contribution in [0.1, 0.15) is 52.4 Å². The van der Waals surface area contributed by atoms with Crippen LogP contribution in [-0.2, 0) is 4.79 Å². The molecule has 0 unspecified atom stereocenters. The number of nitrogens with one attached hydrogen (secondary N) is 1. The van der Waals surface area contributed by atoms with Crippen LogP contribution in [0.25, 0.3) is 0 Å². The lowest BCUT2D eigenvalue weighted by Crippen LogP contribution is -2.34. The van der Waals surface area contributed by atoms with E-state index in [9.17, 15) is 4.79 Å². The second kappa shape index (κ2) is 6.60. The third-order valence-electron chi connectivity index (χ3n) is 4.12. The Kier molecular flexibility index (Phi) is 5.74. The van der Waals surface area contributed by atoms with Crippen LogP contribution < -0.4 is 4.84 Å². The highest BCUT2D eigenvalue weighted by Crippen LogP contribution is 2.39. The summed E-state index contributed by atoms with van der Waals surface area (Å²) >= 11 is 5.58. The van der Waals surface area contributed by atoms with Gasteiger partial charge >= 0.3 is 5.97 Å². The van der Waals surface area contributed by atoms with Crippen LogP contribution >= 0.6 is 11.8 Å². The van der Waals surface area contributed by atoms with Crippen LogP contribution in [-0.4, -0.2) is 17.6 Å². The zero-order valence-corrected chi connectivity index (χ0v) is 11.6. The normalized spacial score (nSPS) is 28.6. The fraction of sp³-hybridized carbons (Fsp3) is 0.923. The Hall–Kier alpha value is -0.280. The number of aliphatic carboxylic acids is 1. The van der Waals surface area contributed by atoms with Crippen molar-refractivity contribution in [2.24, 2.45) is 17.3 Å². The van der Waals surface area contributed by atoms with Crippen molar-refractivity contribution in [2.45, 2.75) is 52.4 Å². The molecule has 2 N–H and O–H groups in total. The Bertz CT molecular complexity index is 260. The molecule has 0 spiro atoms. The van der Waals surface area contributed by atoms with Crippen LogP contribution in [0.3, 0.4) is 0 Å². The van der Waals surface area contributed by atoms with E-state index in [-0.39, 0.29) is 11.8 Å². The molecule has 3 nitrogen and oxygen atoms in total. The molecule has 0 saturated heterocycles. The smallest absolute Gasteiger partial charge is 0.303 e. The van der Waals surface area contributed by atoms with Crippen LogP contribution in [0.4, 0.5) is 0 Å². The predicted molar refractivity (Wildman–Crippen MR) is 70.0 cm³/mol. The highest BCUT2D eigenvalue weighted by molar-refractivity contribution is 6.13. The average molecular weight is 262 g/mol. The van der Waals surface area contributed by atoms with E-state index in [1.54, 1.807) is 0 Å². The van der Waals surface area contributed by atoms with Gasteiger partial charge in [0.2, 0.25) is 0 Å². The number of rotatable bonds is 6. The van der Waals surface area contributed by atoms with Gasteiger partial charge in [0.25, 0.3) is 0 Å². The van der Waals surface area contributed by atoms with Gasteiger partial charge in [-0.05, 0) is 35.4 Å². The van der Waals surface area contributed by atoms with Crippen molar-refractivity contribution in [1.29, 1.82) is 0 Å². The first-order chi connectivity index (χ1) is 7.97. The van der Waals surface area contributed by atoms with Crippen molar-refractivity contribution < 1.29 is 9.90 Å². The first-order valence-electron chi connectivity index (χ1n) is 6.52. The number of carboxylic acids is 1. The second-order valence-corrected chi connectivity index (χ2v) is 6.18. The number of hydrogen-bond acceptors (Lipinski definition) is 2. The summed E-state index contributed by atoms with van der Waals surface area (Å²) in [6.45, 7) is 4.88. The molecule has 4 heteroatoms. The van der Waals surface area contributed by atoms with E-state index >= 15 is 0 Å². The van der Waals surface area contributed by atoms with Crippen LogP contribution in [0, 0.1) is 17.3 Å². The molecule has 0 amide bonds. The third-order valence-corrected chi connectivity index (χ3v) is 4.25. The minimum atomic E-state index is -0.733. The van der Waals surface area contributed by atoms with Gasteiger partial charge in [0.1, 0.15) is 0 Å². The Morgan fingerprint density at radius 1 is 1.47 bits per heavy atom. The van der Waals surface area contributed by atoms with Gasteiger partial charge < -0.3 is 5.11 Å². The van der Waals surface area contributed by atoms with E-state index in [0.717, 1.165) is 6.42 Å². The minimum absolute atomic E-state index is 0.190. The summed E-state index contributed by atoms with van der Waals surface area (Å²) in [7, 11) is 0. The molecular formula is C13H24ClNO2. The molecular weight excluding hydrogens is 238 g/mol. The summed E-state index contributed by atoms with van der Waals surface area (Å²) in [4.78, 5) is 13.6. The molecule has 1 fully saturated rings. The maximum atomic E-state index is 10.9. The number of halogens is 1. The van der Waals surface area contributed by atoms with E-state index < -0.39 is 5.97 Å². The zero-order valence-electron chi connectivity index (χ0n) is 10.8. The Morgan fingerprint density at radius 3 is 2.65 bits per heavy atom. The summed E-state index contributed by atoms with van der Waals surface area (Å²) in [6.07, 6.45) is 6.27. The molecule has 100 valence electrons. The van der Waals surface area contributed by atoms with Gasteiger partial charge in [-0.3, -0.25) is 4.79 Å². The van der Waals surface area contributed by atoms with Gasteiger partial charge in [0.05, 0.1) is 6.42 Å². The Balaban J connectivity index is 2.60. The molecule has 0 aliphatic heterocycles. The molecule has 0 bridgehead atoms. The molecule has 17 heavy (non-hydrogen) atoms. The highest BCUT2D eigenvalue weighted by Gasteiger charge is 2.33. The first-order valence-corrected chi connectivity index (χ1v) is 6.90. The molecule has 0 heterocycles. The maximum absolute atomic E-state index is 10.9. The summed E-state index contributed by atoms with van der Waals surface area (Å²) in [5.41, 5.74) is -0.232. The maximum Gasteiger partial charge on any atom is 0.303 e. The molecule has 0 aromatic rings. The lowest BCUT2D eigenvalue weighted by Gasteiger charge is -2.36. The summed E-state index contributed by atoms with van der Waals surface area (Å²) < 4.78 is 0. The quantitative estimate of drug-likeness (QED) is 0.721. The van der Waals surface area contributed by atoms with Crippen molar-refractivity contribution >= 4 is 17.7 Å². The molecule has 1 aliphatic carbocycles. The molecule has 0 aromatic heterocycles. The SMILES string of the molecule is C[C@@H]1CCCC[C@@H]1C[C@@](C)(CNCl)CC(=O)O. The van der Waals surface area contributed by atoms with Gasteiger partial charge in [-0.15, -0.1) is 0 Å². The Labute approximate surface area is 109 Å². The number of carboxylic acid groups (broad SMARTS) is 1. The highest BCUT2D eigenvalue weighted by atomic mass is 35.5. The molecule has 1 rings (SSSR count). The average Bonchev–Trinajstić information content (AvgIpc) is 2.20. The van der Waals surface area contributed by atoms with E-state index in [0.29, 0.717) is 18.4 Å². The zero-order chi connectivity index (χ0) is 12.9. The van der Waals surface area contributed by atoms with Crippen LogP contribution in [0.15, 0.2) is 0 Å². The first kappa shape index (κ1) is 14.8. The fourth-order valence-electron chi connectivity index (χ4n) is 3.06. The lowest BCUT2D eigenvalue weighted by molar-refractivity contribution is -0.139. The number of carbonyl (C=O) groups is 1. The van der Waals surface area contributed by atoms with Crippen molar-refractivity contribution in [3.05, 3.63) is 0 Å². The van der Waals surface area contributed by atoms with E-state index in [1.165, 1.54) is 25.7 Å². The summed E-state index contributed by atoms with van der Waals surface area (Å²) in [6, 6.07) is 0. The Morgan fingerprint density at radius 2 is 2.12 bits per heavy atom. The molecule has 1 saturated carbocycles. The lowest BCUT2D eigenvalue weighted by atomic mass is 9.70. The van der Waals surface area contributed by atoms with Crippen molar-refractivity contribution in [3.8, 4) is 0 Å². The monoisotopic (exact) mass is 261 g/mol. The van der Waals surface area contributed by atoms with E-state index in [2.05, 4.69) is 11.8 Å². The van der Waals surface area contributed by atoms with Gasteiger partial charge in [-0.1, -0.05) is 39.5 Å². The predicted octanol–water partition coefficient (Wildman–Crippen LogP) is 3.43. The summed E-state index contributed by atoms with van der Waals surface area (Å²) in [5, 5.41) is 9.00. The minimum Gasteiger partial charge on any atom is -0.481 e. The van der Waals surface area contributed by atoms with Gasteiger partial charge in [-0.25, -0.2) is 4.84 Å². The van der Waals surface area contributed by atoms with Crippen molar-refractivity contribution in [1.82, 2.24) is 4.84 Å². The topological polar surface area (TPSA) is 49.3 Å². The van der Waals surface area contributed by atoms with E-state index in [1.807, 2.05) is 6.92 Å². The van der Waals surface area contributed by atoms with Gasteiger partial charge in [0, 0.05) is 6.54 Å². The van der Waals surface area contributed by atoms with Crippen molar-refractivity contribution in [3.63, 3.8) is 0 Å². The molecule has 1 aliphatic rings. The molecule has 0 aromatic carbocycles. The van der Waals surface area contributed by atoms with Crippen molar-refractivity contribution in [2.75, 3.05) is 6.54 Å². The second-order valence-electron chi connectivity index (χ2n) is 5.92. The van der Waals surface area contributed by atoms with Gasteiger partial charge in [0.15, 0.2) is 0 Å². The molecule has 3 atom stereocenters. The van der Waals surface area contributed by atoms with Gasteiger partial charge in [-0.2, -0.15) is 0 Å². The van der Waals surface area contributed by atoms with E-state index in [4.69, 9.17) is 16.9 Å². The fourth-order valence-corrected chi connectivity index (χ4v) is 3.39. The molecule has 0 radical (unpaired) electrons. The van der Waals surface area contributed by atoms with Crippen LogP contribution in [0.2, 0.25) is 0 Å². The standard InChI is InChI=1S/C13H24ClNO2/c1-10-5-3-4-6-11(10)7-13(2,9-15-14)8-12(16)17/h10-11,15H,3-9H2,1-2H3,(H,16,17)/t10-,11-,13-/m1/s1. The largest absolute Gasteiger partial charge is 0.481 e. The van der Waals surface area contributed by atoms with Crippen LogP contribution in [0.5, 0.6) is 0 Å². The summed E-state index contributed by atoms with van der Waals surface area (Å²) in [5.74, 6) is 0.633.